The van der Waals surface area contributed by atoms with Crippen LogP contribution in [0.3, 0.4) is 0 Å². The van der Waals surface area contributed by atoms with Gasteiger partial charge < -0.3 is 9.13 Å². The highest BCUT2D eigenvalue weighted by Crippen LogP contribution is 2.40. The normalized spacial score (nSPS) is 12.2. The van der Waals surface area contributed by atoms with Gasteiger partial charge in [0.15, 0.2) is 0 Å². The molecule has 0 radical (unpaired) electrons. The molecule has 0 unspecified atom stereocenters. The summed E-state index contributed by atoms with van der Waals surface area (Å²) >= 11 is 0. The van der Waals surface area contributed by atoms with E-state index in [4.69, 9.17) is 0 Å². The van der Waals surface area contributed by atoms with Crippen LogP contribution < -0.4 is 0 Å². The zero-order chi connectivity index (χ0) is 42.5. The molecule has 0 N–H and O–H groups in total. The van der Waals surface area contributed by atoms with Crippen LogP contribution in [0.4, 0.5) is 26.3 Å². The molecule has 0 aliphatic carbocycles. The molecule has 6 rings (SSSR count). The van der Waals surface area contributed by atoms with Gasteiger partial charge in [0.2, 0.25) is 0 Å². The second-order valence-electron chi connectivity index (χ2n) is 16.4. The summed E-state index contributed by atoms with van der Waals surface area (Å²) in [5, 5.41) is 0. The zero-order valence-corrected chi connectivity index (χ0v) is 35.3. The molecular formula is C52H60F6N2. The summed E-state index contributed by atoms with van der Waals surface area (Å²) in [5.41, 5.74) is 6.92. The molecule has 0 aliphatic heterocycles. The number of aromatic nitrogens is 2. The molecule has 0 fully saturated rings. The van der Waals surface area contributed by atoms with E-state index in [0.29, 0.717) is 22.5 Å². The maximum atomic E-state index is 13.7. The van der Waals surface area contributed by atoms with E-state index in [1.54, 1.807) is 0 Å². The van der Waals surface area contributed by atoms with Crippen LogP contribution in [0.1, 0.15) is 139 Å². The number of aryl methyl sites for hydroxylation is 2. The molecule has 320 valence electrons. The van der Waals surface area contributed by atoms with E-state index in [1.165, 1.54) is 125 Å². The molecule has 2 aromatic heterocycles. The minimum absolute atomic E-state index is 0.616. The predicted octanol–water partition coefficient (Wildman–Crippen LogP) is 17.2. The summed E-state index contributed by atoms with van der Waals surface area (Å²) < 4.78 is 86.1. The average Bonchev–Trinajstić information content (AvgIpc) is 3.79. The lowest BCUT2D eigenvalue weighted by atomic mass is 10.0. The molecule has 0 spiro atoms. The highest BCUT2D eigenvalue weighted by Gasteiger charge is 2.31. The minimum Gasteiger partial charge on any atom is -0.308 e. The van der Waals surface area contributed by atoms with Crippen LogP contribution in [-0.2, 0) is 25.2 Å². The highest BCUT2D eigenvalue weighted by molar-refractivity contribution is 5.93. The molecule has 2 heterocycles. The summed E-state index contributed by atoms with van der Waals surface area (Å²) in [4.78, 5) is 0. The predicted molar refractivity (Wildman–Crippen MR) is 236 cm³/mol. The fourth-order valence-corrected chi connectivity index (χ4v) is 8.34. The largest absolute Gasteiger partial charge is 0.416 e. The quantitative estimate of drug-likeness (QED) is 0.0477. The molecule has 0 bridgehead atoms. The molecule has 0 aliphatic rings. The van der Waals surface area contributed by atoms with Crippen LogP contribution in [0.5, 0.6) is 0 Å². The van der Waals surface area contributed by atoms with Crippen LogP contribution in [0.2, 0.25) is 0 Å². The van der Waals surface area contributed by atoms with Crippen LogP contribution >= 0.6 is 0 Å². The first-order valence-electron chi connectivity index (χ1n) is 22.3. The van der Waals surface area contributed by atoms with E-state index in [1.807, 2.05) is 12.1 Å². The molecule has 8 heteroatoms. The van der Waals surface area contributed by atoms with Gasteiger partial charge in [0, 0.05) is 11.4 Å². The smallest absolute Gasteiger partial charge is 0.308 e. The summed E-state index contributed by atoms with van der Waals surface area (Å²) in [6.45, 7) is 4.46. The van der Waals surface area contributed by atoms with E-state index in [0.717, 1.165) is 72.4 Å². The van der Waals surface area contributed by atoms with E-state index < -0.39 is 23.5 Å². The Morgan fingerprint density at radius 1 is 0.367 bits per heavy atom. The number of nitrogens with zero attached hydrogens (tertiary/aromatic N) is 2. The van der Waals surface area contributed by atoms with Crippen LogP contribution in [-0.4, -0.2) is 9.13 Å². The molecule has 4 aromatic carbocycles. The summed E-state index contributed by atoms with van der Waals surface area (Å²) in [5.74, 6) is 0. The Morgan fingerprint density at radius 2 is 0.667 bits per heavy atom. The van der Waals surface area contributed by atoms with Gasteiger partial charge in [-0.15, -0.1) is 0 Å². The van der Waals surface area contributed by atoms with Gasteiger partial charge in [0.25, 0.3) is 0 Å². The van der Waals surface area contributed by atoms with Crippen LogP contribution in [0.15, 0.2) is 109 Å². The number of rotatable bonds is 22. The van der Waals surface area contributed by atoms with Gasteiger partial charge in [-0.25, -0.2) is 0 Å². The molecule has 60 heavy (non-hydrogen) atoms. The number of benzene rings is 4. The molecule has 0 amide bonds. The van der Waals surface area contributed by atoms with Crippen molar-refractivity contribution >= 4 is 11.0 Å². The fraction of sp³-hybridized carbons (Fsp3) is 0.423. The zero-order valence-electron chi connectivity index (χ0n) is 35.3. The maximum absolute atomic E-state index is 13.7. The van der Waals surface area contributed by atoms with E-state index in [-0.39, 0.29) is 0 Å². The van der Waals surface area contributed by atoms with Crippen molar-refractivity contribution in [3.63, 3.8) is 0 Å². The fourth-order valence-electron chi connectivity index (χ4n) is 8.34. The highest BCUT2D eigenvalue weighted by atomic mass is 19.4. The Bertz CT molecular complexity index is 2030. The van der Waals surface area contributed by atoms with Crippen molar-refractivity contribution in [2.24, 2.45) is 0 Å². The van der Waals surface area contributed by atoms with Crippen LogP contribution in [0.25, 0.3) is 44.9 Å². The third-order valence-electron chi connectivity index (χ3n) is 11.8. The number of fused-ring (bicyclic) bond motifs is 1. The van der Waals surface area contributed by atoms with Crippen molar-refractivity contribution in [1.82, 2.24) is 9.13 Å². The maximum Gasteiger partial charge on any atom is 0.416 e. The second kappa shape index (κ2) is 21.2. The number of hydrogen-bond donors (Lipinski definition) is 0. The Morgan fingerprint density at radius 3 is 0.967 bits per heavy atom. The molecule has 0 saturated carbocycles. The van der Waals surface area contributed by atoms with E-state index in [2.05, 4.69) is 71.5 Å². The Labute approximate surface area is 352 Å². The van der Waals surface area contributed by atoms with Gasteiger partial charge in [-0.1, -0.05) is 152 Å². The first kappa shape index (κ1) is 44.8. The Balaban J connectivity index is 1.36. The Hall–Kier alpha value is -4.72. The van der Waals surface area contributed by atoms with Gasteiger partial charge in [-0.3, -0.25) is 0 Å². The summed E-state index contributed by atoms with van der Waals surface area (Å²) in [6.07, 6.45) is 12.9. The number of halogens is 6. The van der Waals surface area contributed by atoms with Crippen LogP contribution in [0, 0.1) is 0 Å². The van der Waals surface area contributed by atoms with E-state index in [9.17, 15) is 26.3 Å². The van der Waals surface area contributed by atoms with Crippen molar-refractivity contribution in [3.8, 4) is 33.9 Å². The van der Waals surface area contributed by atoms with Gasteiger partial charge in [0.1, 0.15) is 0 Å². The van der Waals surface area contributed by atoms with Crippen molar-refractivity contribution in [2.75, 3.05) is 0 Å². The molecule has 6 aromatic rings. The topological polar surface area (TPSA) is 9.86 Å². The van der Waals surface area contributed by atoms with Gasteiger partial charge in [-0.05, 0) is 109 Å². The second-order valence-corrected chi connectivity index (χ2v) is 16.4. The number of unbranched alkanes of at least 4 members (excludes halogenated alkanes) is 14. The SMILES string of the molecule is CCCCCCCCCCc1ccc(-n2c(-c3ccc(C(F)(F)F)cc3)cc3c2cc(-c2ccc(C(F)(F)F)cc2)n3-c2ccc(CCCCCCCCCC)cc2)cc1. The lowest BCUT2D eigenvalue weighted by molar-refractivity contribution is -0.138. The monoisotopic (exact) mass is 826 g/mol. The third-order valence-corrected chi connectivity index (χ3v) is 11.8. The number of hydrogen-bond acceptors (Lipinski definition) is 0. The first-order valence-corrected chi connectivity index (χ1v) is 22.3. The molecular weight excluding hydrogens is 767 g/mol. The molecule has 0 atom stereocenters. The van der Waals surface area contributed by atoms with Crippen molar-refractivity contribution < 1.29 is 26.3 Å². The van der Waals surface area contributed by atoms with Crippen molar-refractivity contribution in [2.45, 2.75) is 142 Å². The Kier molecular flexibility index (Phi) is 15.8. The average molecular weight is 827 g/mol. The lowest BCUT2D eigenvalue weighted by Gasteiger charge is -2.14. The minimum atomic E-state index is -4.47. The lowest BCUT2D eigenvalue weighted by Crippen LogP contribution is -2.04. The summed E-state index contributed by atoms with van der Waals surface area (Å²) in [7, 11) is 0. The van der Waals surface area contributed by atoms with Gasteiger partial charge in [-0.2, -0.15) is 26.3 Å². The first-order chi connectivity index (χ1) is 29.0. The van der Waals surface area contributed by atoms with Gasteiger partial charge in [0.05, 0.1) is 33.5 Å². The molecule has 2 nitrogen and oxygen atoms in total. The van der Waals surface area contributed by atoms with Crippen molar-refractivity contribution in [3.05, 3.63) is 131 Å². The number of alkyl halides is 6. The van der Waals surface area contributed by atoms with Crippen molar-refractivity contribution in [1.29, 1.82) is 0 Å². The third kappa shape index (κ3) is 11.8. The van der Waals surface area contributed by atoms with E-state index >= 15 is 0 Å². The standard InChI is InChI=1S/C52H60F6N2/c1-3-5-7-9-11-13-15-17-19-39-21-33-45(34-22-39)59-47(41-25-29-43(30-26-41)51(53,54)55)37-50-49(59)38-48(42-27-31-44(32-28-42)52(56,57)58)60(50)46-35-23-40(24-36-46)20-18-16-14-12-10-8-6-4-2/h21-38H,3-20H2,1-2H3. The molecule has 0 saturated heterocycles. The summed E-state index contributed by atoms with van der Waals surface area (Å²) in [6, 6.07) is 31.1. The van der Waals surface area contributed by atoms with Gasteiger partial charge >= 0.3 is 12.4 Å².